The summed E-state index contributed by atoms with van der Waals surface area (Å²) in [6.45, 7) is 6.32. The summed E-state index contributed by atoms with van der Waals surface area (Å²) < 4.78 is 5.37. The Balaban J connectivity index is 1.78. The van der Waals surface area contributed by atoms with Crippen LogP contribution < -0.4 is 4.74 Å². The Bertz CT molecular complexity index is 1060. The lowest BCUT2D eigenvalue weighted by Gasteiger charge is -2.23. The standard InChI is InChI=1S/C27H30O3/c1-16-14-22-21(12-10-19-8-6-5-7-9-19)17(2)25(26(22)18(3)27(16)29)20-11-13-23(28)24(15-20)30-4/h5-9,11,13-15,17,21,25,28-29H,10,12H2,1-4H3/t17-,21+,25-/m0/s1. The number of rotatable bonds is 5. The zero-order valence-electron chi connectivity index (χ0n) is 18.1. The predicted octanol–water partition coefficient (Wildman–Crippen LogP) is 6.22. The molecule has 4 rings (SSSR count). The molecule has 0 unspecified atom stereocenters. The van der Waals surface area contributed by atoms with Crippen molar-refractivity contribution < 1.29 is 14.9 Å². The first-order valence-electron chi connectivity index (χ1n) is 10.7. The van der Waals surface area contributed by atoms with E-state index in [4.69, 9.17) is 4.74 Å². The number of hydrogen-bond acceptors (Lipinski definition) is 3. The van der Waals surface area contributed by atoms with Crippen LogP contribution in [0.5, 0.6) is 17.2 Å². The van der Waals surface area contributed by atoms with Crippen LogP contribution in [0.1, 0.15) is 58.6 Å². The van der Waals surface area contributed by atoms with E-state index in [1.54, 1.807) is 13.2 Å². The topological polar surface area (TPSA) is 49.7 Å². The number of ether oxygens (including phenoxy) is 1. The molecule has 0 saturated carbocycles. The fourth-order valence-electron chi connectivity index (χ4n) is 5.26. The van der Waals surface area contributed by atoms with Crippen LogP contribution in [0.3, 0.4) is 0 Å². The van der Waals surface area contributed by atoms with Crippen LogP contribution in [0.2, 0.25) is 0 Å². The summed E-state index contributed by atoms with van der Waals surface area (Å²) in [4.78, 5) is 0. The predicted molar refractivity (Wildman–Crippen MR) is 121 cm³/mol. The monoisotopic (exact) mass is 402 g/mol. The number of fused-ring (bicyclic) bond motifs is 1. The van der Waals surface area contributed by atoms with Gasteiger partial charge in [-0.3, -0.25) is 0 Å². The van der Waals surface area contributed by atoms with Crippen molar-refractivity contribution in [3.8, 4) is 17.2 Å². The van der Waals surface area contributed by atoms with E-state index < -0.39 is 0 Å². The quantitative estimate of drug-likeness (QED) is 0.532. The van der Waals surface area contributed by atoms with E-state index in [-0.39, 0.29) is 11.7 Å². The number of hydrogen-bond donors (Lipinski definition) is 2. The Morgan fingerprint density at radius 2 is 1.70 bits per heavy atom. The first-order chi connectivity index (χ1) is 14.4. The van der Waals surface area contributed by atoms with E-state index in [0.717, 1.165) is 29.5 Å². The van der Waals surface area contributed by atoms with E-state index >= 15 is 0 Å². The summed E-state index contributed by atoms with van der Waals surface area (Å²) in [5, 5.41) is 20.8. The van der Waals surface area contributed by atoms with Crippen molar-refractivity contribution in [1.29, 1.82) is 0 Å². The molecule has 156 valence electrons. The highest BCUT2D eigenvalue weighted by Crippen LogP contribution is 2.54. The van der Waals surface area contributed by atoms with Crippen molar-refractivity contribution >= 4 is 0 Å². The van der Waals surface area contributed by atoms with Gasteiger partial charge in [-0.25, -0.2) is 0 Å². The molecule has 3 aromatic carbocycles. The van der Waals surface area contributed by atoms with E-state index in [1.807, 2.05) is 26.0 Å². The first-order valence-corrected chi connectivity index (χ1v) is 10.7. The summed E-state index contributed by atoms with van der Waals surface area (Å²) in [6, 6.07) is 18.4. The van der Waals surface area contributed by atoms with Gasteiger partial charge in [-0.1, -0.05) is 49.4 Å². The third kappa shape index (κ3) is 3.43. The second-order valence-corrected chi connectivity index (χ2v) is 8.57. The highest BCUT2D eigenvalue weighted by atomic mass is 16.5. The second-order valence-electron chi connectivity index (χ2n) is 8.57. The molecule has 3 heteroatoms. The fourth-order valence-corrected chi connectivity index (χ4v) is 5.26. The Kier molecular flexibility index (Phi) is 5.46. The third-order valence-electron chi connectivity index (χ3n) is 6.84. The number of phenols is 2. The lowest BCUT2D eigenvalue weighted by atomic mass is 9.81. The van der Waals surface area contributed by atoms with Gasteiger partial charge in [0.2, 0.25) is 0 Å². The van der Waals surface area contributed by atoms with E-state index in [0.29, 0.717) is 23.3 Å². The Morgan fingerprint density at radius 3 is 2.40 bits per heavy atom. The fraction of sp³-hybridized carbons (Fsp3) is 0.333. The van der Waals surface area contributed by atoms with Gasteiger partial charge in [0.25, 0.3) is 0 Å². The minimum atomic E-state index is 0.149. The molecular weight excluding hydrogens is 372 g/mol. The average Bonchev–Trinajstić information content (AvgIpc) is 3.03. The van der Waals surface area contributed by atoms with Crippen molar-refractivity contribution in [3.05, 3.63) is 88.0 Å². The van der Waals surface area contributed by atoms with Gasteiger partial charge >= 0.3 is 0 Å². The number of aryl methyl sites for hydroxylation is 2. The van der Waals surface area contributed by atoms with Crippen LogP contribution in [-0.4, -0.2) is 17.3 Å². The molecule has 0 saturated heterocycles. The molecule has 30 heavy (non-hydrogen) atoms. The molecule has 2 N–H and O–H groups in total. The highest BCUT2D eigenvalue weighted by molar-refractivity contribution is 5.58. The molecule has 0 aromatic heterocycles. The SMILES string of the molecule is COc1cc([C@H]2c3c(cc(C)c(O)c3C)[C@H](CCc3ccccc3)[C@@H]2C)ccc1O. The Morgan fingerprint density at radius 1 is 0.967 bits per heavy atom. The second kappa shape index (κ2) is 8.06. The van der Waals surface area contributed by atoms with Crippen LogP contribution in [0.25, 0.3) is 0 Å². The summed E-state index contributed by atoms with van der Waals surface area (Å²) in [5.41, 5.74) is 6.96. The van der Waals surface area contributed by atoms with Crippen LogP contribution in [-0.2, 0) is 6.42 Å². The van der Waals surface area contributed by atoms with Crippen LogP contribution in [0, 0.1) is 19.8 Å². The molecule has 3 atom stereocenters. The molecule has 1 aliphatic carbocycles. The summed E-state index contributed by atoms with van der Waals surface area (Å²) in [6.07, 6.45) is 2.09. The molecular formula is C27H30O3. The molecule has 3 aromatic rings. The van der Waals surface area contributed by atoms with Gasteiger partial charge in [-0.05, 0) is 84.0 Å². The number of methoxy groups -OCH3 is 1. The van der Waals surface area contributed by atoms with Crippen molar-refractivity contribution in [2.24, 2.45) is 5.92 Å². The van der Waals surface area contributed by atoms with Crippen LogP contribution in [0.15, 0.2) is 54.6 Å². The van der Waals surface area contributed by atoms with Gasteiger partial charge in [0.05, 0.1) is 7.11 Å². The molecule has 1 aliphatic rings. The largest absolute Gasteiger partial charge is 0.507 e. The Hall–Kier alpha value is -2.94. The summed E-state index contributed by atoms with van der Waals surface area (Å²) in [7, 11) is 1.58. The van der Waals surface area contributed by atoms with E-state index in [2.05, 4.69) is 43.3 Å². The molecule has 0 fully saturated rings. The van der Waals surface area contributed by atoms with Gasteiger partial charge in [0, 0.05) is 5.92 Å². The van der Waals surface area contributed by atoms with Gasteiger partial charge in [0.1, 0.15) is 5.75 Å². The molecule has 0 aliphatic heterocycles. The molecule has 0 heterocycles. The maximum atomic E-state index is 10.7. The first kappa shape index (κ1) is 20.3. The number of benzene rings is 3. The molecule has 0 spiro atoms. The third-order valence-corrected chi connectivity index (χ3v) is 6.84. The van der Waals surface area contributed by atoms with Crippen molar-refractivity contribution in [1.82, 2.24) is 0 Å². The molecule has 3 nitrogen and oxygen atoms in total. The maximum absolute atomic E-state index is 10.7. The Labute approximate surface area is 179 Å². The van der Waals surface area contributed by atoms with E-state index in [9.17, 15) is 10.2 Å². The van der Waals surface area contributed by atoms with Crippen LogP contribution in [0.4, 0.5) is 0 Å². The highest BCUT2D eigenvalue weighted by Gasteiger charge is 2.40. The number of phenolic OH excluding ortho intramolecular Hbond substituents is 2. The summed E-state index contributed by atoms with van der Waals surface area (Å²) >= 11 is 0. The molecule has 0 bridgehead atoms. The molecule has 0 amide bonds. The van der Waals surface area contributed by atoms with Crippen molar-refractivity contribution in [3.63, 3.8) is 0 Å². The minimum Gasteiger partial charge on any atom is -0.507 e. The van der Waals surface area contributed by atoms with E-state index in [1.165, 1.54) is 16.7 Å². The lowest BCUT2D eigenvalue weighted by Crippen LogP contribution is -2.11. The van der Waals surface area contributed by atoms with Crippen molar-refractivity contribution in [2.45, 2.75) is 45.4 Å². The normalized spacial score (nSPS) is 20.2. The smallest absolute Gasteiger partial charge is 0.160 e. The van der Waals surface area contributed by atoms with Gasteiger partial charge < -0.3 is 14.9 Å². The zero-order valence-corrected chi connectivity index (χ0v) is 18.1. The van der Waals surface area contributed by atoms with Gasteiger partial charge in [-0.15, -0.1) is 0 Å². The molecule has 0 radical (unpaired) electrons. The summed E-state index contributed by atoms with van der Waals surface area (Å²) in [5.74, 6) is 1.96. The van der Waals surface area contributed by atoms with Gasteiger partial charge in [0.15, 0.2) is 11.5 Å². The van der Waals surface area contributed by atoms with Gasteiger partial charge in [-0.2, -0.15) is 0 Å². The minimum absolute atomic E-state index is 0.149. The zero-order chi connectivity index (χ0) is 21.4. The average molecular weight is 403 g/mol. The number of aromatic hydroxyl groups is 2. The van der Waals surface area contributed by atoms with Crippen molar-refractivity contribution in [2.75, 3.05) is 7.11 Å². The maximum Gasteiger partial charge on any atom is 0.160 e. The lowest BCUT2D eigenvalue weighted by molar-refractivity contribution is 0.371. The van der Waals surface area contributed by atoms with Crippen LogP contribution >= 0.6 is 0 Å².